The van der Waals surface area contributed by atoms with Gasteiger partial charge in [-0.15, -0.1) is 0 Å². The SMILES string of the molecule is CN(CC1CCCCO1)C(=O)c1ccccc1F. The van der Waals surface area contributed by atoms with E-state index in [9.17, 15) is 9.18 Å². The summed E-state index contributed by atoms with van der Waals surface area (Å²) in [5.74, 6) is -0.763. The minimum absolute atomic E-state index is 0.0828. The third kappa shape index (κ3) is 3.07. The number of carbonyl (C=O) groups excluding carboxylic acids is 1. The fourth-order valence-electron chi connectivity index (χ4n) is 2.18. The molecule has 2 rings (SSSR count). The molecule has 1 amide bonds. The van der Waals surface area contributed by atoms with Crippen LogP contribution in [0.15, 0.2) is 24.3 Å². The van der Waals surface area contributed by atoms with E-state index in [4.69, 9.17) is 4.74 Å². The first-order chi connectivity index (χ1) is 8.68. The number of hydrogen-bond acceptors (Lipinski definition) is 2. The van der Waals surface area contributed by atoms with Crippen LogP contribution >= 0.6 is 0 Å². The van der Waals surface area contributed by atoms with Gasteiger partial charge in [-0.25, -0.2) is 4.39 Å². The normalized spacial score (nSPS) is 19.6. The maximum absolute atomic E-state index is 13.5. The lowest BCUT2D eigenvalue weighted by Crippen LogP contribution is -2.37. The van der Waals surface area contributed by atoms with E-state index < -0.39 is 5.82 Å². The third-order valence-electron chi connectivity index (χ3n) is 3.20. The molecule has 1 unspecified atom stereocenters. The van der Waals surface area contributed by atoms with E-state index in [0.29, 0.717) is 6.54 Å². The van der Waals surface area contributed by atoms with Gasteiger partial charge in [0.05, 0.1) is 11.7 Å². The molecular weight excluding hydrogens is 233 g/mol. The summed E-state index contributed by atoms with van der Waals surface area (Å²) in [6.45, 7) is 1.28. The van der Waals surface area contributed by atoms with E-state index in [1.165, 1.54) is 17.0 Å². The standard InChI is InChI=1S/C14H18FNO2/c1-16(10-11-6-4-5-9-18-11)14(17)12-7-2-3-8-13(12)15/h2-3,7-8,11H,4-6,9-10H2,1H3. The van der Waals surface area contributed by atoms with Gasteiger partial charge >= 0.3 is 0 Å². The molecule has 1 aliphatic rings. The van der Waals surface area contributed by atoms with Crippen molar-refractivity contribution in [2.24, 2.45) is 0 Å². The molecule has 98 valence electrons. The number of benzene rings is 1. The van der Waals surface area contributed by atoms with Gasteiger partial charge in [-0.1, -0.05) is 12.1 Å². The van der Waals surface area contributed by atoms with E-state index in [0.717, 1.165) is 25.9 Å². The van der Waals surface area contributed by atoms with Crippen LogP contribution in [-0.2, 0) is 4.74 Å². The number of rotatable bonds is 3. The van der Waals surface area contributed by atoms with Crippen molar-refractivity contribution in [1.82, 2.24) is 4.90 Å². The topological polar surface area (TPSA) is 29.5 Å². The van der Waals surface area contributed by atoms with Crippen LogP contribution in [0.3, 0.4) is 0 Å². The molecule has 0 saturated carbocycles. The summed E-state index contributed by atoms with van der Waals surface area (Å²) < 4.78 is 19.1. The van der Waals surface area contributed by atoms with Crippen LogP contribution in [-0.4, -0.2) is 37.1 Å². The largest absolute Gasteiger partial charge is 0.376 e. The number of likely N-dealkylation sites (N-methyl/N-ethyl adjacent to an activating group) is 1. The Kier molecular flexibility index (Phi) is 4.31. The number of ether oxygens (including phenoxy) is 1. The van der Waals surface area contributed by atoms with Gasteiger partial charge in [0.25, 0.3) is 5.91 Å². The van der Waals surface area contributed by atoms with Crippen molar-refractivity contribution in [2.75, 3.05) is 20.2 Å². The molecule has 18 heavy (non-hydrogen) atoms. The minimum atomic E-state index is -0.473. The molecule has 1 heterocycles. The van der Waals surface area contributed by atoms with Crippen molar-refractivity contribution in [3.8, 4) is 0 Å². The average molecular weight is 251 g/mol. The number of halogens is 1. The average Bonchev–Trinajstić information content (AvgIpc) is 2.39. The third-order valence-corrected chi connectivity index (χ3v) is 3.20. The second-order valence-corrected chi connectivity index (χ2v) is 4.65. The van der Waals surface area contributed by atoms with Crippen LogP contribution in [0, 0.1) is 5.82 Å². The Morgan fingerprint density at radius 3 is 2.89 bits per heavy atom. The highest BCUT2D eigenvalue weighted by atomic mass is 19.1. The van der Waals surface area contributed by atoms with E-state index >= 15 is 0 Å². The van der Waals surface area contributed by atoms with Crippen LogP contribution in [0.1, 0.15) is 29.6 Å². The predicted molar refractivity (Wildman–Crippen MR) is 67.0 cm³/mol. The quantitative estimate of drug-likeness (QED) is 0.826. The van der Waals surface area contributed by atoms with Crippen molar-refractivity contribution < 1.29 is 13.9 Å². The van der Waals surface area contributed by atoms with Gasteiger partial charge < -0.3 is 9.64 Å². The Balaban J connectivity index is 1.98. The first kappa shape index (κ1) is 13.0. The molecule has 4 heteroatoms. The smallest absolute Gasteiger partial charge is 0.256 e. The molecule has 0 aliphatic carbocycles. The lowest BCUT2D eigenvalue weighted by Gasteiger charge is -2.27. The van der Waals surface area contributed by atoms with Crippen LogP contribution in [0.5, 0.6) is 0 Å². The van der Waals surface area contributed by atoms with E-state index in [2.05, 4.69) is 0 Å². The summed E-state index contributed by atoms with van der Waals surface area (Å²) in [4.78, 5) is 13.6. The zero-order chi connectivity index (χ0) is 13.0. The van der Waals surface area contributed by atoms with Crippen LogP contribution in [0.4, 0.5) is 4.39 Å². The number of carbonyl (C=O) groups is 1. The monoisotopic (exact) mass is 251 g/mol. The first-order valence-corrected chi connectivity index (χ1v) is 6.30. The molecule has 1 fully saturated rings. The number of hydrogen-bond donors (Lipinski definition) is 0. The molecule has 0 bridgehead atoms. The van der Waals surface area contributed by atoms with Crippen molar-refractivity contribution in [3.63, 3.8) is 0 Å². The van der Waals surface area contributed by atoms with Gasteiger partial charge in [0.15, 0.2) is 0 Å². The Morgan fingerprint density at radius 2 is 2.22 bits per heavy atom. The van der Waals surface area contributed by atoms with Gasteiger partial charge in [-0.05, 0) is 31.4 Å². The molecule has 3 nitrogen and oxygen atoms in total. The van der Waals surface area contributed by atoms with Crippen LogP contribution < -0.4 is 0 Å². The summed E-state index contributed by atoms with van der Waals surface area (Å²) >= 11 is 0. The highest BCUT2D eigenvalue weighted by Crippen LogP contribution is 2.15. The Hall–Kier alpha value is -1.42. The zero-order valence-electron chi connectivity index (χ0n) is 10.6. The predicted octanol–water partition coefficient (Wildman–Crippen LogP) is 2.47. The molecule has 1 atom stereocenters. The Bertz CT molecular complexity index is 416. The second kappa shape index (κ2) is 5.96. The van der Waals surface area contributed by atoms with Gasteiger partial charge in [0, 0.05) is 20.2 Å². The molecule has 1 aromatic carbocycles. The molecule has 1 saturated heterocycles. The minimum Gasteiger partial charge on any atom is -0.376 e. The Morgan fingerprint density at radius 1 is 1.44 bits per heavy atom. The van der Waals surface area contributed by atoms with Crippen molar-refractivity contribution in [3.05, 3.63) is 35.6 Å². The molecule has 1 aliphatic heterocycles. The molecule has 1 aromatic rings. The summed E-state index contributed by atoms with van der Waals surface area (Å²) in [6.07, 6.45) is 3.27. The molecule has 0 aromatic heterocycles. The van der Waals surface area contributed by atoms with E-state index in [-0.39, 0.29) is 17.6 Å². The molecule has 0 spiro atoms. The highest BCUT2D eigenvalue weighted by Gasteiger charge is 2.21. The number of nitrogens with zero attached hydrogens (tertiary/aromatic N) is 1. The van der Waals surface area contributed by atoms with Gasteiger partial charge in [-0.2, -0.15) is 0 Å². The lowest BCUT2D eigenvalue weighted by molar-refractivity contribution is -0.000270. The van der Waals surface area contributed by atoms with Crippen molar-refractivity contribution in [1.29, 1.82) is 0 Å². The van der Waals surface area contributed by atoms with E-state index in [1.54, 1.807) is 19.2 Å². The summed E-state index contributed by atoms with van der Waals surface area (Å²) in [6, 6.07) is 6.06. The summed E-state index contributed by atoms with van der Waals surface area (Å²) in [7, 11) is 1.69. The maximum atomic E-state index is 13.5. The van der Waals surface area contributed by atoms with Crippen LogP contribution in [0.25, 0.3) is 0 Å². The molecular formula is C14H18FNO2. The fraction of sp³-hybridized carbons (Fsp3) is 0.500. The van der Waals surface area contributed by atoms with Gasteiger partial charge in [-0.3, -0.25) is 4.79 Å². The van der Waals surface area contributed by atoms with Gasteiger partial charge in [0.2, 0.25) is 0 Å². The van der Waals surface area contributed by atoms with Crippen molar-refractivity contribution in [2.45, 2.75) is 25.4 Å². The van der Waals surface area contributed by atoms with Crippen LogP contribution in [0.2, 0.25) is 0 Å². The number of amides is 1. The summed E-state index contributed by atoms with van der Waals surface area (Å²) in [5, 5.41) is 0. The van der Waals surface area contributed by atoms with Crippen molar-refractivity contribution >= 4 is 5.91 Å². The zero-order valence-corrected chi connectivity index (χ0v) is 10.6. The van der Waals surface area contributed by atoms with Gasteiger partial charge in [0.1, 0.15) is 5.82 Å². The highest BCUT2D eigenvalue weighted by molar-refractivity contribution is 5.94. The second-order valence-electron chi connectivity index (χ2n) is 4.65. The summed E-state index contributed by atoms with van der Waals surface area (Å²) in [5.41, 5.74) is 0.121. The fourth-order valence-corrected chi connectivity index (χ4v) is 2.18. The molecule has 0 N–H and O–H groups in total. The molecule has 0 radical (unpaired) electrons. The van der Waals surface area contributed by atoms with E-state index in [1.807, 2.05) is 0 Å². The first-order valence-electron chi connectivity index (χ1n) is 6.30. The Labute approximate surface area is 107 Å². The lowest BCUT2D eigenvalue weighted by atomic mass is 10.1. The maximum Gasteiger partial charge on any atom is 0.256 e.